The lowest BCUT2D eigenvalue weighted by molar-refractivity contribution is -0.127. The van der Waals surface area contributed by atoms with Crippen molar-refractivity contribution in [3.05, 3.63) is 0 Å². The van der Waals surface area contributed by atoms with Gasteiger partial charge in [0.25, 0.3) is 0 Å². The first-order chi connectivity index (χ1) is 6.11. The Kier molecular flexibility index (Phi) is 3.25. The first-order valence-corrected chi connectivity index (χ1v) is 4.44. The van der Waals surface area contributed by atoms with Gasteiger partial charge in [0, 0.05) is 12.5 Å². The van der Waals surface area contributed by atoms with Gasteiger partial charge in [-0.1, -0.05) is 0 Å². The largest absolute Gasteiger partial charge is 0.368 e. The maximum Gasteiger partial charge on any atom is 0.234 e. The van der Waals surface area contributed by atoms with Crippen LogP contribution in [-0.2, 0) is 9.59 Å². The van der Waals surface area contributed by atoms with Crippen LogP contribution in [0.5, 0.6) is 0 Å². The summed E-state index contributed by atoms with van der Waals surface area (Å²) < 4.78 is 0. The number of amides is 2. The predicted octanol–water partition coefficient (Wildman–Crippen LogP) is -1.28. The lowest BCUT2D eigenvalue weighted by Crippen LogP contribution is -2.43. The van der Waals surface area contributed by atoms with Gasteiger partial charge in [0.2, 0.25) is 11.8 Å². The highest BCUT2D eigenvalue weighted by molar-refractivity contribution is 5.83. The lowest BCUT2D eigenvalue weighted by Gasteiger charge is -2.23. The number of nitrogens with one attached hydrogen (secondary N) is 1. The Balaban J connectivity index is 2.42. The molecule has 1 fully saturated rings. The Morgan fingerprint density at radius 1 is 1.69 bits per heavy atom. The van der Waals surface area contributed by atoms with E-state index in [0.29, 0.717) is 6.42 Å². The molecule has 0 unspecified atom stereocenters. The van der Waals surface area contributed by atoms with E-state index in [1.807, 2.05) is 0 Å². The molecule has 0 aromatic heterocycles. The summed E-state index contributed by atoms with van der Waals surface area (Å²) >= 11 is 0. The molecular formula is C8H15N3O2. The van der Waals surface area contributed by atoms with Gasteiger partial charge in [0.1, 0.15) is 0 Å². The maximum absolute atomic E-state index is 11.2. The SMILES string of the molecule is NC(=O)[C@H](N)C[C@@H]1CCCNC1=O. The second kappa shape index (κ2) is 4.23. The van der Waals surface area contributed by atoms with E-state index in [1.54, 1.807) is 0 Å². The average Bonchev–Trinajstić information content (AvgIpc) is 2.08. The van der Waals surface area contributed by atoms with E-state index in [-0.39, 0.29) is 11.8 Å². The number of carbonyl (C=O) groups is 2. The van der Waals surface area contributed by atoms with Gasteiger partial charge in [-0.05, 0) is 19.3 Å². The minimum Gasteiger partial charge on any atom is -0.368 e. The van der Waals surface area contributed by atoms with Gasteiger partial charge in [-0.3, -0.25) is 9.59 Å². The minimum atomic E-state index is -0.700. The first kappa shape index (κ1) is 9.98. The van der Waals surface area contributed by atoms with Crippen LogP contribution >= 0.6 is 0 Å². The van der Waals surface area contributed by atoms with Crippen LogP contribution in [-0.4, -0.2) is 24.4 Å². The predicted molar refractivity (Wildman–Crippen MR) is 47.5 cm³/mol. The lowest BCUT2D eigenvalue weighted by atomic mass is 9.92. The highest BCUT2D eigenvalue weighted by Gasteiger charge is 2.25. The van der Waals surface area contributed by atoms with Crippen molar-refractivity contribution in [2.75, 3.05) is 6.54 Å². The Morgan fingerprint density at radius 2 is 2.38 bits per heavy atom. The fourth-order valence-corrected chi connectivity index (χ4v) is 1.48. The minimum absolute atomic E-state index is 0.0112. The van der Waals surface area contributed by atoms with Crippen LogP contribution in [0, 0.1) is 5.92 Å². The summed E-state index contributed by atoms with van der Waals surface area (Å²) in [6, 6.07) is -0.700. The maximum atomic E-state index is 11.2. The van der Waals surface area contributed by atoms with E-state index < -0.39 is 11.9 Å². The molecule has 74 valence electrons. The molecule has 0 spiro atoms. The molecule has 5 nitrogen and oxygen atoms in total. The molecule has 2 atom stereocenters. The second-order valence-corrected chi connectivity index (χ2v) is 3.37. The van der Waals surface area contributed by atoms with E-state index >= 15 is 0 Å². The Morgan fingerprint density at radius 3 is 2.92 bits per heavy atom. The Hall–Kier alpha value is -1.10. The molecule has 5 N–H and O–H groups in total. The zero-order chi connectivity index (χ0) is 9.84. The van der Waals surface area contributed by atoms with Gasteiger partial charge < -0.3 is 16.8 Å². The highest BCUT2D eigenvalue weighted by atomic mass is 16.2. The van der Waals surface area contributed by atoms with Gasteiger partial charge in [-0.15, -0.1) is 0 Å². The van der Waals surface area contributed by atoms with Crippen LogP contribution in [0.2, 0.25) is 0 Å². The van der Waals surface area contributed by atoms with Crippen molar-refractivity contribution in [2.45, 2.75) is 25.3 Å². The molecule has 1 saturated heterocycles. The number of hydrogen-bond acceptors (Lipinski definition) is 3. The molecule has 0 aromatic rings. The van der Waals surface area contributed by atoms with Crippen molar-refractivity contribution in [2.24, 2.45) is 17.4 Å². The van der Waals surface area contributed by atoms with Crippen LogP contribution in [0.1, 0.15) is 19.3 Å². The summed E-state index contributed by atoms with van der Waals surface area (Å²) in [6.45, 7) is 0.723. The van der Waals surface area contributed by atoms with E-state index in [0.717, 1.165) is 19.4 Å². The molecule has 2 amide bonds. The monoisotopic (exact) mass is 185 g/mol. The van der Waals surface area contributed by atoms with Crippen molar-refractivity contribution >= 4 is 11.8 Å². The van der Waals surface area contributed by atoms with Crippen molar-refractivity contribution < 1.29 is 9.59 Å². The van der Waals surface area contributed by atoms with Crippen molar-refractivity contribution in [1.29, 1.82) is 0 Å². The van der Waals surface area contributed by atoms with E-state index in [2.05, 4.69) is 5.32 Å². The van der Waals surface area contributed by atoms with Crippen molar-refractivity contribution in [1.82, 2.24) is 5.32 Å². The molecule has 0 bridgehead atoms. The number of carbonyl (C=O) groups excluding carboxylic acids is 2. The van der Waals surface area contributed by atoms with Crippen LogP contribution in [0.25, 0.3) is 0 Å². The molecule has 1 heterocycles. The molecule has 1 aliphatic heterocycles. The molecule has 0 saturated carbocycles. The normalized spacial score (nSPS) is 25.0. The third-order valence-electron chi connectivity index (χ3n) is 2.30. The topological polar surface area (TPSA) is 98.2 Å². The molecule has 1 aliphatic rings. The van der Waals surface area contributed by atoms with Gasteiger partial charge in [0.05, 0.1) is 6.04 Å². The van der Waals surface area contributed by atoms with Crippen LogP contribution in [0.4, 0.5) is 0 Å². The third-order valence-corrected chi connectivity index (χ3v) is 2.30. The Labute approximate surface area is 76.8 Å². The molecule has 0 aromatic carbocycles. The van der Waals surface area contributed by atoms with E-state index in [1.165, 1.54) is 0 Å². The average molecular weight is 185 g/mol. The zero-order valence-corrected chi connectivity index (χ0v) is 7.45. The first-order valence-electron chi connectivity index (χ1n) is 4.44. The number of hydrogen-bond donors (Lipinski definition) is 3. The van der Waals surface area contributed by atoms with Gasteiger partial charge in [0.15, 0.2) is 0 Å². The summed E-state index contributed by atoms with van der Waals surface area (Å²) in [4.78, 5) is 21.9. The van der Waals surface area contributed by atoms with E-state index in [4.69, 9.17) is 11.5 Å². The summed E-state index contributed by atoms with van der Waals surface area (Å²) in [5.41, 5.74) is 10.5. The standard InChI is InChI=1S/C8H15N3O2/c9-6(7(10)12)4-5-2-1-3-11-8(5)13/h5-6H,1-4,9H2,(H2,10,12)(H,11,13)/t5-,6+/m0/s1. The number of primary amides is 1. The fourth-order valence-electron chi connectivity index (χ4n) is 1.48. The van der Waals surface area contributed by atoms with E-state index in [9.17, 15) is 9.59 Å². The summed E-state index contributed by atoms with van der Waals surface area (Å²) in [7, 11) is 0. The Bertz CT molecular complexity index is 217. The quantitative estimate of drug-likeness (QED) is 0.510. The second-order valence-electron chi connectivity index (χ2n) is 3.37. The third kappa shape index (κ3) is 2.69. The van der Waals surface area contributed by atoms with Gasteiger partial charge >= 0.3 is 0 Å². The van der Waals surface area contributed by atoms with Crippen molar-refractivity contribution in [3.63, 3.8) is 0 Å². The molecule has 5 heteroatoms. The molecular weight excluding hydrogens is 170 g/mol. The molecule has 1 rings (SSSR count). The van der Waals surface area contributed by atoms with Gasteiger partial charge in [-0.25, -0.2) is 0 Å². The number of rotatable bonds is 3. The fraction of sp³-hybridized carbons (Fsp3) is 0.750. The van der Waals surface area contributed by atoms with Crippen LogP contribution in [0.3, 0.4) is 0 Å². The molecule has 0 aliphatic carbocycles. The van der Waals surface area contributed by atoms with Crippen LogP contribution in [0.15, 0.2) is 0 Å². The molecule has 0 radical (unpaired) electrons. The zero-order valence-electron chi connectivity index (χ0n) is 7.45. The number of nitrogens with two attached hydrogens (primary N) is 2. The highest BCUT2D eigenvalue weighted by Crippen LogP contribution is 2.16. The molecule has 13 heavy (non-hydrogen) atoms. The van der Waals surface area contributed by atoms with Crippen molar-refractivity contribution in [3.8, 4) is 0 Å². The number of piperidine rings is 1. The van der Waals surface area contributed by atoms with Crippen LogP contribution < -0.4 is 16.8 Å². The smallest absolute Gasteiger partial charge is 0.234 e. The summed E-state index contributed by atoms with van der Waals surface area (Å²) in [5, 5.41) is 2.73. The summed E-state index contributed by atoms with van der Waals surface area (Å²) in [5.74, 6) is -0.697. The summed E-state index contributed by atoms with van der Waals surface area (Å²) in [6.07, 6.45) is 2.11. The van der Waals surface area contributed by atoms with Gasteiger partial charge in [-0.2, -0.15) is 0 Å².